The van der Waals surface area contributed by atoms with Gasteiger partial charge in [-0.05, 0) is 60.9 Å². The van der Waals surface area contributed by atoms with Crippen molar-refractivity contribution in [3.63, 3.8) is 0 Å². The Balaban J connectivity index is 1.54. The van der Waals surface area contributed by atoms with Crippen LogP contribution in [0.2, 0.25) is 5.02 Å². The molecule has 2 unspecified atom stereocenters. The number of carbonyl (C=O) groups excluding carboxylic acids is 2. The number of halogens is 1. The topological polar surface area (TPSA) is 101 Å². The van der Waals surface area contributed by atoms with Gasteiger partial charge >= 0.3 is 0 Å². The number of pyridine rings is 1. The number of hydrogen-bond donors (Lipinski definition) is 3. The first-order valence-electron chi connectivity index (χ1n) is 9.96. The summed E-state index contributed by atoms with van der Waals surface area (Å²) in [6, 6.07) is 10.4. The van der Waals surface area contributed by atoms with Crippen LogP contribution >= 0.6 is 11.6 Å². The van der Waals surface area contributed by atoms with E-state index in [-0.39, 0.29) is 11.7 Å². The predicted octanol–water partition coefficient (Wildman–Crippen LogP) is 3.87. The van der Waals surface area contributed by atoms with Crippen LogP contribution in [0.15, 0.2) is 54.9 Å². The number of nitrogens with one attached hydrogen (secondary N) is 2. The van der Waals surface area contributed by atoms with E-state index >= 15 is 0 Å². The molecule has 154 valence electrons. The summed E-state index contributed by atoms with van der Waals surface area (Å²) in [6.45, 7) is 0. The minimum Gasteiger partial charge on any atom is -0.352 e. The van der Waals surface area contributed by atoms with Gasteiger partial charge < -0.3 is 16.0 Å². The van der Waals surface area contributed by atoms with E-state index in [1.54, 1.807) is 36.7 Å². The number of nitrogens with zero attached hydrogens (tertiary/aromatic N) is 1. The van der Waals surface area contributed by atoms with Gasteiger partial charge in [0.05, 0.1) is 11.7 Å². The van der Waals surface area contributed by atoms with Crippen LogP contribution in [0.4, 0.5) is 0 Å². The van der Waals surface area contributed by atoms with Crippen LogP contribution in [-0.2, 0) is 4.79 Å². The minimum absolute atomic E-state index is 0.196. The third kappa shape index (κ3) is 4.15. The van der Waals surface area contributed by atoms with E-state index in [1.807, 2.05) is 18.2 Å². The zero-order valence-corrected chi connectivity index (χ0v) is 17.2. The number of carbonyl (C=O) groups is 2. The molecule has 30 heavy (non-hydrogen) atoms. The predicted molar refractivity (Wildman–Crippen MR) is 118 cm³/mol. The fraction of sp³-hybridized carbons (Fsp3) is 0.261. The van der Waals surface area contributed by atoms with Crippen LogP contribution in [-0.4, -0.2) is 33.2 Å². The number of rotatable bonds is 5. The maximum absolute atomic E-state index is 13.4. The van der Waals surface area contributed by atoms with Crippen LogP contribution in [0, 0.1) is 0 Å². The van der Waals surface area contributed by atoms with Crippen molar-refractivity contribution in [3.05, 3.63) is 71.1 Å². The lowest BCUT2D eigenvalue weighted by Gasteiger charge is -2.39. The van der Waals surface area contributed by atoms with E-state index in [0.29, 0.717) is 23.6 Å². The minimum atomic E-state index is -1.16. The molecule has 1 saturated carbocycles. The molecule has 1 fully saturated rings. The second-order valence-electron chi connectivity index (χ2n) is 7.70. The quantitative estimate of drug-likeness (QED) is 0.429. The fourth-order valence-electron chi connectivity index (χ4n) is 4.01. The number of fused-ring (bicyclic) bond motifs is 1. The first-order chi connectivity index (χ1) is 14.5. The van der Waals surface area contributed by atoms with Crippen molar-refractivity contribution in [1.29, 1.82) is 0 Å². The maximum atomic E-state index is 13.4. The van der Waals surface area contributed by atoms with E-state index in [0.717, 1.165) is 29.3 Å². The Morgan fingerprint density at radius 1 is 1.20 bits per heavy atom. The molecule has 0 aliphatic heterocycles. The number of nitrogens with two attached hydrogens (primary N) is 1. The number of H-pyrrole nitrogens is 1. The third-order valence-corrected chi connectivity index (χ3v) is 5.89. The number of ketones is 1. The number of amides is 1. The monoisotopic (exact) mass is 422 g/mol. The molecule has 1 aliphatic carbocycles. The van der Waals surface area contributed by atoms with Gasteiger partial charge in [0.2, 0.25) is 11.7 Å². The zero-order valence-electron chi connectivity index (χ0n) is 16.4. The second-order valence-corrected chi connectivity index (χ2v) is 8.14. The lowest BCUT2D eigenvalue weighted by Crippen LogP contribution is -2.64. The van der Waals surface area contributed by atoms with Crippen LogP contribution in [0.1, 0.15) is 41.7 Å². The molecule has 1 amide bonds. The Kier molecular flexibility index (Phi) is 5.70. The third-order valence-electron chi connectivity index (χ3n) is 5.65. The summed E-state index contributed by atoms with van der Waals surface area (Å²) in [5, 5.41) is 4.41. The molecule has 3 aromatic rings. The standard InChI is InChI=1S/C23H23ClN4O2/c24-17-5-6-18-16(13-17)14-19(27-18)22(30)23(25)10-2-1-3-20(23)28-21(29)7-4-15-8-11-26-12-9-15/h4-9,11-14,20,27H,1-3,10,25H2,(H,28,29)/b7-4+. The average molecular weight is 423 g/mol. The van der Waals surface area contributed by atoms with Crippen molar-refractivity contribution in [2.75, 3.05) is 0 Å². The molecule has 6 nitrogen and oxygen atoms in total. The van der Waals surface area contributed by atoms with Gasteiger partial charge in [0.15, 0.2) is 0 Å². The average Bonchev–Trinajstić information content (AvgIpc) is 3.17. The van der Waals surface area contributed by atoms with Crippen molar-refractivity contribution >= 4 is 40.3 Å². The molecule has 4 N–H and O–H groups in total. The summed E-state index contributed by atoms with van der Waals surface area (Å²) in [5.41, 5.74) is 7.61. The van der Waals surface area contributed by atoms with Gasteiger partial charge in [0.25, 0.3) is 0 Å². The molecule has 0 radical (unpaired) electrons. The van der Waals surface area contributed by atoms with Crippen molar-refractivity contribution in [1.82, 2.24) is 15.3 Å². The van der Waals surface area contributed by atoms with Crippen molar-refractivity contribution < 1.29 is 9.59 Å². The first-order valence-corrected chi connectivity index (χ1v) is 10.3. The van der Waals surface area contributed by atoms with Crippen LogP contribution in [0.25, 0.3) is 17.0 Å². The highest BCUT2D eigenvalue weighted by Crippen LogP contribution is 2.31. The van der Waals surface area contributed by atoms with Crippen LogP contribution in [0.5, 0.6) is 0 Å². The van der Waals surface area contributed by atoms with Gasteiger partial charge in [0.1, 0.15) is 5.54 Å². The molecular formula is C23H23ClN4O2. The van der Waals surface area contributed by atoms with Crippen molar-refractivity contribution in [2.24, 2.45) is 5.73 Å². The van der Waals surface area contributed by atoms with E-state index in [4.69, 9.17) is 17.3 Å². The molecule has 2 atom stereocenters. The lowest BCUT2D eigenvalue weighted by atomic mass is 9.74. The van der Waals surface area contributed by atoms with Crippen molar-refractivity contribution in [2.45, 2.75) is 37.3 Å². The van der Waals surface area contributed by atoms with Gasteiger partial charge in [0, 0.05) is 34.4 Å². The molecule has 7 heteroatoms. The molecule has 4 rings (SSSR count). The summed E-state index contributed by atoms with van der Waals surface area (Å²) in [7, 11) is 0. The van der Waals surface area contributed by atoms with Crippen molar-refractivity contribution in [3.8, 4) is 0 Å². The summed E-state index contributed by atoms with van der Waals surface area (Å²) >= 11 is 6.06. The van der Waals surface area contributed by atoms with E-state index in [2.05, 4.69) is 15.3 Å². The normalized spacial score (nSPS) is 21.7. The Bertz CT molecular complexity index is 1110. The van der Waals surface area contributed by atoms with Gasteiger partial charge in [-0.15, -0.1) is 0 Å². The molecule has 1 aromatic carbocycles. The zero-order chi connectivity index (χ0) is 21.1. The van der Waals surface area contributed by atoms with E-state index in [1.165, 1.54) is 6.08 Å². The SMILES string of the molecule is NC1(C(=O)c2cc3cc(Cl)ccc3[nH]2)CCCCC1NC(=O)/C=C/c1ccncc1. The molecule has 0 saturated heterocycles. The second kappa shape index (κ2) is 8.42. The number of Topliss-reactive ketones (excluding diaryl/α,β-unsaturated/α-hetero) is 1. The smallest absolute Gasteiger partial charge is 0.244 e. The highest BCUT2D eigenvalue weighted by Gasteiger charge is 2.45. The summed E-state index contributed by atoms with van der Waals surface area (Å²) < 4.78 is 0. The largest absolute Gasteiger partial charge is 0.352 e. The van der Waals surface area contributed by atoms with Gasteiger partial charge in [-0.25, -0.2) is 0 Å². The highest BCUT2D eigenvalue weighted by molar-refractivity contribution is 6.31. The molecule has 0 spiro atoms. The van der Waals surface area contributed by atoms with Gasteiger partial charge in [-0.2, -0.15) is 0 Å². The number of aromatic amines is 1. The summed E-state index contributed by atoms with van der Waals surface area (Å²) in [4.78, 5) is 33.0. The van der Waals surface area contributed by atoms with E-state index < -0.39 is 11.6 Å². The Morgan fingerprint density at radius 3 is 2.80 bits per heavy atom. The fourth-order valence-corrected chi connectivity index (χ4v) is 4.19. The Hall–Kier alpha value is -2.96. The van der Waals surface area contributed by atoms with E-state index in [9.17, 15) is 9.59 Å². The van der Waals surface area contributed by atoms with Gasteiger partial charge in [-0.1, -0.05) is 24.4 Å². The first kappa shape index (κ1) is 20.3. The Morgan fingerprint density at radius 2 is 2.00 bits per heavy atom. The van der Waals surface area contributed by atoms with Gasteiger partial charge in [-0.3, -0.25) is 14.6 Å². The van der Waals surface area contributed by atoms with Crippen LogP contribution < -0.4 is 11.1 Å². The summed E-state index contributed by atoms with van der Waals surface area (Å²) in [5.74, 6) is -0.470. The molecule has 0 bridgehead atoms. The highest BCUT2D eigenvalue weighted by atomic mass is 35.5. The number of aromatic nitrogens is 2. The van der Waals surface area contributed by atoms with Crippen LogP contribution in [0.3, 0.4) is 0 Å². The maximum Gasteiger partial charge on any atom is 0.244 e. The molecular weight excluding hydrogens is 400 g/mol. The number of benzene rings is 1. The molecule has 2 aromatic heterocycles. The lowest BCUT2D eigenvalue weighted by molar-refractivity contribution is -0.117. The molecule has 1 aliphatic rings. The molecule has 2 heterocycles. The summed E-state index contributed by atoms with van der Waals surface area (Å²) in [6.07, 6.45) is 9.41. The Labute approximate surface area is 179 Å². The number of hydrogen-bond acceptors (Lipinski definition) is 4.